The van der Waals surface area contributed by atoms with Crippen molar-refractivity contribution >= 4 is 5.82 Å². The van der Waals surface area contributed by atoms with Gasteiger partial charge in [-0.2, -0.15) is 0 Å². The fraction of sp³-hybridized carbons (Fsp3) is 0.615. The second kappa shape index (κ2) is 7.25. The van der Waals surface area contributed by atoms with Gasteiger partial charge in [0.15, 0.2) is 0 Å². The predicted molar refractivity (Wildman–Crippen MR) is 69.3 cm³/mol. The molecule has 0 aliphatic carbocycles. The molecule has 1 aromatic rings. The van der Waals surface area contributed by atoms with Crippen LogP contribution in [-0.4, -0.2) is 36.9 Å². The standard InChI is InChI=1S/C13H22N2O2/c1-4-12-8-11(10-16)9-13(14-12)15(5-2)6-7-17-3/h8-9,16H,4-7,10H2,1-3H3. The average Bonchev–Trinajstić information content (AvgIpc) is 2.39. The maximum Gasteiger partial charge on any atom is 0.129 e. The molecule has 0 saturated carbocycles. The van der Waals surface area contributed by atoms with E-state index in [0.717, 1.165) is 36.6 Å². The highest BCUT2D eigenvalue weighted by Crippen LogP contribution is 2.15. The first-order chi connectivity index (χ1) is 8.24. The van der Waals surface area contributed by atoms with Crippen LogP contribution in [0.25, 0.3) is 0 Å². The summed E-state index contributed by atoms with van der Waals surface area (Å²) in [6, 6.07) is 3.89. The van der Waals surface area contributed by atoms with Crippen LogP contribution in [0.1, 0.15) is 25.1 Å². The third kappa shape index (κ3) is 3.98. The second-order valence-electron chi connectivity index (χ2n) is 3.91. The highest BCUT2D eigenvalue weighted by molar-refractivity contribution is 5.42. The average molecular weight is 238 g/mol. The van der Waals surface area contributed by atoms with Crippen molar-refractivity contribution in [2.45, 2.75) is 26.9 Å². The number of rotatable bonds is 7. The van der Waals surface area contributed by atoms with Crippen molar-refractivity contribution in [2.75, 3.05) is 31.7 Å². The van der Waals surface area contributed by atoms with E-state index in [1.165, 1.54) is 0 Å². The molecule has 0 spiro atoms. The summed E-state index contributed by atoms with van der Waals surface area (Å²) >= 11 is 0. The number of likely N-dealkylation sites (N-methyl/N-ethyl adjacent to an activating group) is 1. The zero-order valence-electron chi connectivity index (χ0n) is 10.9. The van der Waals surface area contributed by atoms with Crippen molar-refractivity contribution in [1.29, 1.82) is 0 Å². The maximum atomic E-state index is 9.24. The van der Waals surface area contributed by atoms with Gasteiger partial charge < -0.3 is 14.7 Å². The monoisotopic (exact) mass is 238 g/mol. The van der Waals surface area contributed by atoms with Gasteiger partial charge in [0, 0.05) is 25.9 Å². The number of hydrogen-bond acceptors (Lipinski definition) is 4. The minimum absolute atomic E-state index is 0.0599. The molecule has 4 heteroatoms. The van der Waals surface area contributed by atoms with Gasteiger partial charge >= 0.3 is 0 Å². The van der Waals surface area contributed by atoms with Gasteiger partial charge in [-0.15, -0.1) is 0 Å². The molecule has 0 aliphatic heterocycles. The molecule has 17 heavy (non-hydrogen) atoms. The Kier molecular flexibility index (Phi) is 5.94. The van der Waals surface area contributed by atoms with E-state index in [0.29, 0.717) is 6.61 Å². The van der Waals surface area contributed by atoms with Gasteiger partial charge in [-0.25, -0.2) is 4.98 Å². The molecule has 1 rings (SSSR count). The normalized spacial score (nSPS) is 10.6. The molecule has 0 radical (unpaired) electrons. The summed E-state index contributed by atoms with van der Waals surface area (Å²) in [4.78, 5) is 6.74. The van der Waals surface area contributed by atoms with E-state index in [-0.39, 0.29) is 6.61 Å². The van der Waals surface area contributed by atoms with Crippen molar-refractivity contribution in [3.8, 4) is 0 Å². The van der Waals surface area contributed by atoms with Crippen molar-refractivity contribution in [3.05, 3.63) is 23.4 Å². The summed E-state index contributed by atoms with van der Waals surface area (Å²) in [6.07, 6.45) is 0.878. The molecule has 1 aromatic heterocycles. The van der Waals surface area contributed by atoms with Crippen LogP contribution in [0.5, 0.6) is 0 Å². The molecule has 0 aliphatic rings. The summed E-state index contributed by atoms with van der Waals surface area (Å²) < 4.78 is 5.09. The number of anilines is 1. The lowest BCUT2D eigenvalue weighted by molar-refractivity contribution is 0.205. The van der Waals surface area contributed by atoms with Crippen LogP contribution in [0.15, 0.2) is 12.1 Å². The Morgan fingerprint density at radius 3 is 2.65 bits per heavy atom. The van der Waals surface area contributed by atoms with Gasteiger partial charge in [0.05, 0.1) is 13.2 Å². The molecule has 0 aromatic carbocycles. The van der Waals surface area contributed by atoms with E-state index in [1.54, 1.807) is 7.11 Å². The fourth-order valence-electron chi connectivity index (χ4n) is 1.70. The SMILES string of the molecule is CCc1cc(CO)cc(N(CC)CCOC)n1. The molecule has 0 atom stereocenters. The molecular weight excluding hydrogens is 216 g/mol. The highest BCUT2D eigenvalue weighted by atomic mass is 16.5. The van der Waals surface area contributed by atoms with E-state index >= 15 is 0 Å². The predicted octanol–water partition coefficient (Wildman–Crippen LogP) is 1.61. The Bertz CT molecular complexity index is 320. The lowest BCUT2D eigenvalue weighted by Gasteiger charge is -2.22. The fourth-order valence-corrected chi connectivity index (χ4v) is 1.70. The molecule has 1 heterocycles. The first-order valence-electron chi connectivity index (χ1n) is 6.09. The number of ether oxygens (including phenoxy) is 1. The Hall–Kier alpha value is -1.13. The summed E-state index contributed by atoms with van der Waals surface area (Å²) in [5.41, 5.74) is 1.94. The van der Waals surface area contributed by atoms with Crippen molar-refractivity contribution in [1.82, 2.24) is 4.98 Å². The van der Waals surface area contributed by atoms with Crippen LogP contribution in [0.2, 0.25) is 0 Å². The minimum atomic E-state index is 0.0599. The van der Waals surface area contributed by atoms with Gasteiger partial charge in [-0.1, -0.05) is 6.92 Å². The third-order valence-electron chi connectivity index (χ3n) is 2.74. The van der Waals surface area contributed by atoms with Gasteiger partial charge in [0.2, 0.25) is 0 Å². The first kappa shape index (κ1) is 13.9. The van der Waals surface area contributed by atoms with Crippen LogP contribution >= 0.6 is 0 Å². The molecule has 0 unspecified atom stereocenters. The number of aliphatic hydroxyl groups excluding tert-OH is 1. The second-order valence-corrected chi connectivity index (χ2v) is 3.91. The molecule has 0 bridgehead atoms. The number of methoxy groups -OCH3 is 1. The van der Waals surface area contributed by atoms with Crippen LogP contribution in [0.3, 0.4) is 0 Å². The molecule has 0 amide bonds. The van der Waals surface area contributed by atoms with E-state index in [1.807, 2.05) is 12.1 Å². The third-order valence-corrected chi connectivity index (χ3v) is 2.74. The topological polar surface area (TPSA) is 45.6 Å². The number of nitrogens with zero attached hydrogens (tertiary/aromatic N) is 2. The van der Waals surface area contributed by atoms with Crippen LogP contribution < -0.4 is 4.90 Å². The molecular formula is C13H22N2O2. The van der Waals surface area contributed by atoms with Gasteiger partial charge in [0.1, 0.15) is 5.82 Å². The van der Waals surface area contributed by atoms with Crippen LogP contribution in [0, 0.1) is 0 Å². The van der Waals surface area contributed by atoms with E-state index in [9.17, 15) is 5.11 Å². The lowest BCUT2D eigenvalue weighted by atomic mass is 10.2. The van der Waals surface area contributed by atoms with Crippen molar-refractivity contribution < 1.29 is 9.84 Å². The number of aliphatic hydroxyl groups is 1. The van der Waals surface area contributed by atoms with E-state index in [4.69, 9.17) is 4.74 Å². The molecule has 1 N–H and O–H groups in total. The minimum Gasteiger partial charge on any atom is -0.392 e. The van der Waals surface area contributed by atoms with Crippen molar-refractivity contribution in [3.63, 3.8) is 0 Å². The number of hydrogen-bond donors (Lipinski definition) is 1. The summed E-state index contributed by atoms with van der Waals surface area (Å²) in [5.74, 6) is 0.924. The zero-order valence-corrected chi connectivity index (χ0v) is 10.9. The highest BCUT2D eigenvalue weighted by Gasteiger charge is 2.08. The molecule has 4 nitrogen and oxygen atoms in total. The summed E-state index contributed by atoms with van der Waals surface area (Å²) in [6.45, 7) is 6.60. The number of aromatic nitrogens is 1. The summed E-state index contributed by atoms with van der Waals surface area (Å²) in [7, 11) is 1.70. The zero-order chi connectivity index (χ0) is 12.7. The first-order valence-corrected chi connectivity index (χ1v) is 6.09. The maximum absolute atomic E-state index is 9.24. The van der Waals surface area contributed by atoms with Crippen LogP contribution in [0.4, 0.5) is 5.82 Å². The lowest BCUT2D eigenvalue weighted by Crippen LogP contribution is -2.28. The Morgan fingerprint density at radius 2 is 2.12 bits per heavy atom. The molecule has 96 valence electrons. The van der Waals surface area contributed by atoms with Crippen LogP contribution in [-0.2, 0) is 17.8 Å². The van der Waals surface area contributed by atoms with E-state index < -0.39 is 0 Å². The van der Waals surface area contributed by atoms with Gasteiger partial charge in [-0.05, 0) is 31.0 Å². The van der Waals surface area contributed by atoms with Gasteiger partial charge in [-0.3, -0.25) is 0 Å². The number of pyridine rings is 1. The quantitative estimate of drug-likeness (QED) is 0.784. The van der Waals surface area contributed by atoms with E-state index in [2.05, 4.69) is 23.7 Å². The van der Waals surface area contributed by atoms with Gasteiger partial charge in [0.25, 0.3) is 0 Å². The summed E-state index contributed by atoms with van der Waals surface area (Å²) in [5, 5.41) is 9.24. The molecule has 0 fully saturated rings. The Labute approximate surface area is 103 Å². The van der Waals surface area contributed by atoms with Crippen molar-refractivity contribution in [2.24, 2.45) is 0 Å². The largest absolute Gasteiger partial charge is 0.392 e. The Morgan fingerprint density at radius 1 is 1.35 bits per heavy atom. The smallest absolute Gasteiger partial charge is 0.129 e. The number of aryl methyl sites for hydroxylation is 1. The Balaban J connectivity index is 2.92. The molecule has 0 saturated heterocycles.